The Labute approximate surface area is 95.6 Å². The maximum absolute atomic E-state index is 12.7. The van der Waals surface area contributed by atoms with Gasteiger partial charge in [-0.15, -0.1) is 0 Å². The van der Waals surface area contributed by atoms with Gasteiger partial charge in [0.2, 0.25) is 0 Å². The molecule has 1 rings (SSSR count). The van der Waals surface area contributed by atoms with E-state index in [4.69, 9.17) is 0 Å². The molecule has 1 aromatic rings. The molecule has 0 fully saturated rings. The Bertz CT molecular complexity index is 428. The van der Waals surface area contributed by atoms with E-state index in [-0.39, 0.29) is 4.90 Å². The van der Waals surface area contributed by atoms with E-state index >= 15 is 0 Å². The predicted molar refractivity (Wildman–Crippen MR) is 61.6 cm³/mol. The van der Waals surface area contributed by atoms with Crippen molar-refractivity contribution in [1.29, 1.82) is 0 Å². The molecular formula is C11H16FNO2S. The summed E-state index contributed by atoms with van der Waals surface area (Å²) < 4.78 is 36.9. The van der Waals surface area contributed by atoms with Crippen LogP contribution in [0.1, 0.15) is 13.3 Å². The van der Waals surface area contributed by atoms with Gasteiger partial charge in [0.05, 0.1) is 10.1 Å². The van der Waals surface area contributed by atoms with E-state index < -0.39 is 20.9 Å². The number of nitrogens with one attached hydrogen (secondary N) is 1. The second-order valence-electron chi connectivity index (χ2n) is 3.59. The van der Waals surface area contributed by atoms with Gasteiger partial charge in [0.25, 0.3) is 0 Å². The summed E-state index contributed by atoms with van der Waals surface area (Å²) in [5.41, 5.74) is 0. The average Bonchev–Trinajstić information content (AvgIpc) is 2.26. The molecule has 0 aliphatic rings. The van der Waals surface area contributed by atoms with Crippen LogP contribution in [0, 0.1) is 5.82 Å². The molecule has 0 spiro atoms. The third kappa shape index (κ3) is 2.80. The minimum atomic E-state index is -3.36. The van der Waals surface area contributed by atoms with Gasteiger partial charge in [0.1, 0.15) is 5.82 Å². The lowest BCUT2D eigenvalue weighted by molar-refractivity contribution is 0.567. The van der Waals surface area contributed by atoms with Crippen LogP contribution in [0.5, 0.6) is 0 Å². The van der Waals surface area contributed by atoms with Crippen LogP contribution in [-0.4, -0.2) is 27.3 Å². The summed E-state index contributed by atoms with van der Waals surface area (Å²) in [6, 6.07) is 4.95. The number of sulfone groups is 1. The van der Waals surface area contributed by atoms with Gasteiger partial charge < -0.3 is 5.32 Å². The van der Waals surface area contributed by atoms with E-state index in [0.29, 0.717) is 13.0 Å². The third-order valence-corrected chi connectivity index (χ3v) is 4.78. The van der Waals surface area contributed by atoms with E-state index in [0.717, 1.165) is 0 Å². The monoisotopic (exact) mass is 245 g/mol. The summed E-state index contributed by atoms with van der Waals surface area (Å²) >= 11 is 0. The zero-order chi connectivity index (χ0) is 12.2. The molecular weight excluding hydrogens is 229 g/mol. The van der Waals surface area contributed by atoms with Crippen molar-refractivity contribution in [1.82, 2.24) is 5.32 Å². The van der Waals surface area contributed by atoms with Gasteiger partial charge >= 0.3 is 0 Å². The largest absolute Gasteiger partial charge is 0.318 e. The fourth-order valence-electron chi connectivity index (χ4n) is 1.52. The van der Waals surface area contributed by atoms with Crippen molar-refractivity contribution in [3.8, 4) is 0 Å². The molecule has 3 nitrogen and oxygen atoms in total. The standard InChI is InChI=1S/C11H16FNO2S/c1-3-10(8-13-2)16(14,15)11-6-4-9(12)5-7-11/h4-7,10,13H,3,8H2,1-2H3. The van der Waals surface area contributed by atoms with Gasteiger partial charge in [-0.1, -0.05) is 6.92 Å². The van der Waals surface area contributed by atoms with Crippen LogP contribution in [0.4, 0.5) is 4.39 Å². The van der Waals surface area contributed by atoms with Gasteiger partial charge in [-0.3, -0.25) is 0 Å². The van der Waals surface area contributed by atoms with E-state index in [1.807, 2.05) is 6.92 Å². The van der Waals surface area contributed by atoms with Crippen molar-refractivity contribution in [3.63, 3.8) is 0 Å². The van der Waals surface area contributed by atoms with Crippen molar-refractivity contribution >= 4 is 9.84 Å². The van der Waals surface area contributed by atoms with Gasteiger partial charge in [-0.25, -0.2) is 12.8 Å². The van der Waals surface area contributed by atoms with Crippen LogP contribution in [-0.2, 0) is 9.84 Å². The summed E-state index contributed by atoms with van der Waals surface area (Å²) in [7, 11) is -1.65. The van der Waals surface area contributed by atoms with Crippen LogP contribution in [0.3, 0.4) is 0 Å². The Morgan fingerprint density at radius 2 is 1.88 bits per heavy atom. The van der Waals surface area contributed by atoms with Gasteiger partial charge in [-0.2, -0.15) is 0 Å². The summed E-state index contributed by atoms with van der Waals surface area (Å²) in [5, 5.41) is 2.38. The molecule has 16 heavy (non-hydrogen) atoms. The highest BCUT2D eigenvalue weighted by molar-refractivity contribution is 7.92. The Hall–Kier alpha value is -0.940. The molecule has 0 aliphatic carbocycles. The Morgan fingerprint density at radius 1 is 1.31 bits per heavy atom. The smallest absolute Gasteiger partial charge is 0.182 e. The highest BCUT2D eigenvalue weighted by atomic mass is 32.2. The summed E-state index contributed by atoms with van der Waals surface area (Å²) in [5.74, 6) is -0.430. The van der Waals surface area contributed by atoms with Gasteiger partial charge in [0.15, 0.2) is 9.84 Å². The van der Waals surface area contributed by atoms with Crippen molar-refractivity contribution in [2.75, 3.05) is 13.6 Å². The van der Waals surface area contributed by atoms with Crippen molar-refractivity contribution in [3.05, 3.63) is 30.1 Å². The highest BCUT2D eigenvalue weighted by Crippen LogP contribution is 2.18. The van der Waals surface area contributed by atoms with Crippen molar-refractivity contribution in [2.45, 2.75) is 23.5 Å². The maximum Gasteiger partial charge on any atom is 0.182 e. The Morgan fingerprint density at radius 3 is 2.31 bits per heavy atom. The van der Waals surface area contributed by atoms with Crippen LogP contribution >= 0.6 is 0 Å². The molecule has 90 valence electrons. The second kappa shape index (κ2) is 5.41. The van der Waals surface area contributed by atoms with E-state index in [1.165, 1.54) is 24.3 Å². The number of hydrogen-bond donors (Lipinski definition) is 1. The lowest BCUT2D eigenvalue weighted by Gasteiger charge is -2.15. The first-order chi connectivity index (χ1) is 7.52. The molecule has 1 N–H and O–H groups in total. The van der Waals surface area contributed by atoms with Crippen LogP contribution in [0.25, 0.3) is 0 Å². The molecule has 0 bridgehead atoms. The molecule has 0 radical (unpaired) electrons. The molecule has 1 atom stereocenters. The van der Waals surface area contributed by atoms with Crippen LogP contribution in [0.15, 0.2) is 29.2 Å². The number of halogens is 1. The summed E-state index contributed by atoms with van der Waals surface area (Å²) in [6.07, 6.45) is 0.528. The fraction of sp³-hybridized carbons (Fsp3) is 0.455. The molecule has 0 amide bonds. The maximum atomic E-state index is 12.7. The molecule has 1 aromatic carbocycles. The summed E-state index contributed by atoms with van der Waals surface area (Å²) in [6.45, 7) is 2.22. The molecule has 1 unspecified atom stereocenters. The minimum absolute atomic E-state index is 0.177. The van der Waals surface area contributed by atoms with Gasteiger partial charge in [0, 0.05) is 6.54 Å². The Kier molecular flexibility index (Phi) is 4.44. The molecule has 0 saturated carbocycles. The third-order valence-electron chi connectivity index (χ3n) is 2.47. The fourth-order valence-corrected chi connectivity index (χ4v) is 3.24. The molecule has 0 aliphatic heterocycles. The lowest BCUT2D eigenvalue weighted by Crippen LogP contribution is -2.31. The average molecular weight is 245 g/mol. The second-order valence-corrected chi connectivity index (χ2v) is 5.81. The van der Waals surface area contributed by atoms with Crippen molar-refractivity contribution in [2.24, 2.45) is 0 Å². The SMILES string of the molecule is CCC(CNC)S(=O)(=O)c1ccc(F)cc1. The zero-order valence-corrected chi connectivity index (χ0v) is 10.2. The van der Waals surface area contributed by atoms with Crippen LogP contribution in [0.2, 0.25) is 0 Å². The molecule has 5 heteroatoms. The predicted octanol–water partition coefficient (Wildman–Crippen LogP) is 1.60. The van der Waals surface area contributed by atoms with Gasteiger partial charge in [-0.05, 0) is 37.7 Å². The van der Waals surface area contributed by atoms with E-state index in [9.17, 15) is 12.8 Å². The number of benzene rings is 1. The first-order valence-corrected chi connectivity index (χ1v) is 6.71. The van der Waals surface area contributed by atoms with Crippen LogP contribution < -0.4 is 5.32 Å². The zero-order valence-electron chi connectivity index (χ0n) is 9.40. The molecule has 0 heterocycles. The lowest BCUT2D eigenvalue weighted by atomic mass is 10.3. The van der Waals surface area contributed by atoms with E-state index in [1.54, 1.807) is 7.05 Å². The normalized spacial score (nSPS) is 13.7. The number of hydrogen-bond acceptors (Lipinski definition) is 3. The minimum Gasteiger partial charge on any atom is -0.318 e. The topological polar surface area (TPSA) is 46.2 Å². The highest BCUT2D eigenvalue weighted by Gasteiger charge is 2.25. The first-order valence-electron chi connectivity index (χ1n) is 5.16. The quantitative estimate of drug-likeness (QED) is 0.801. The Balaban J connectivity index is 3.04. The molecule has 0 aromatic heterocycles. The first kappa shape index (κ1) is 13.1. The number of rotatable bonds is 5. The summed E-state index contributed by atoms with van der Waals surface area (Å²) in [4.78, 5) is 0.177. The molecule has 0 saturated heterocycles. The van der Waals surface area contributed by atoms with Crippen molar-refractivity contribution < 1.29 is 12.8 Å². The van der Waals surface area contributed by atoms with E-state index in [2.05, 4.69) is 5.32 Å².